The van der Waals surface area contributed by atoms with E-state index in [0.29, 0.717) is 23.0 Å². The van der Waals surface area contributed by atoms with Gasteiger partial charge in [0, 0.05) is 18.0 Å². The molecule has 1 aliphatic rings. The predicted octanol–water partition coefficient (Wildman–Crippen LogP) is 5.54. The maximum atomic E-state index is 12.4. The Morgan fingerprint density at radius 2 is 2.00 bits per heavy atom. The number of benzene rings is 2. The molecule has 0 N–H and O–H groups in total. The van der Waals surface area contributed by atoms with Gasteiger partial charge in [-0.25, -0.2) is 4.79 Å². The second kappa shape index (κ2) is 7.87. The van der Waals surface area contributed by atoms with Gasteiger partial charge in [0.1, 0.15) is 6.61 Å². The van der Waals surface area contributed by atoms with Crippen molar-refractivity contribution in [1.82, 2.24) is 4.90 Å². The van der Waals surface area contributed by atoms with E-state index in [1.165, 1.54) is 0 Å². The topological polar surface area (TPSA) is 78.3 Å². The van der Waals surface area contributed by atoms with Crippen LogP contribution in [0.25, 0.3) is 10.4 Å². The Kier molecular flexibility index (Phi) is 5.57. The van der Waals surface area contributed by atoms with Gasteiger partial charge in [0.05, 0.1) is 15.6 Å². The molecular formula is C18H16Cl2N4O2. The molecule has 0 radical (unpaired) electrons. The Labute approximate surface area is 160 Å². The molecule has 2 aromatic carbocycles. The zero-order chi connectivity index (χ0) is 18.6. The summed E-state index contributed by atoms with van der Waals surface area (Å²) in [5.41, 5.74) is 9.77. The fourth-order valence-electron chi connectivity index (χ4n) is 3.01. The Morgan fingerprint density at radius 3 is 2.69 bits per heavy atom. The number of likely N-dealkylation sites (tertiary alicyclic amines) is 1. The van der Waals surface area contributed by atoms with Crippen LogP contribution in [0.3, 0.4) is 0 Å². The lowest BCUT2D eigenvalue weighted by Crippen LogP contribution is -2.33. The van der Waals surface area contributed by atoms with Crippen LogP contribution < -0.4 is 0 Å². The number of nitrogens with zero attached hydrogens (tertiary/aromatic N) is 4. The van der Waals surface area contributed by atoms with Crippen LogP contribution in [0.1, 0.15) is 17.5 Å². The number of rotatable bonds is 4. The first-order chi connectivity index (χ1) is 12.5. The second-order valence-electron chi connectivity index (χ2n) is 6.06. The van der Waals surface area contributed by atoms with Gasteiger partial charge in [-0.3, -0.25) is 0 Å². The van der Waals surface area contributed by atoms with Gasteiger partial charge in [-0.15, -0.1) is 0 Å². The van der Waals surface area contributed by atoms with E-state index < -0.39 is 11.6 Å². The molecule has 1 aliphatic heterocycles. The molecule has 6 nitrogen and oxygen atoms in total. The fraction of sp³-hybridized carbons (Fsp3) is 0.278. The van der Waals surface area contributed by atoms with Crippen molar-refractivity contribution in [2.45, 2.75) is 18.6 Å². The van der Waals surface area contributed by atoms with E-state index >= 15 is 0 Å². The standard InChI is InChI=1S/C18H16Cl2N4O2/c19-15-7-6-14(10-16(15)20)18(22-23-21)8-9-24(12-18)17(25)26-11-13-4-2-1-3-5-13/h1-7,10H,8-9,11-12H2. The molecule has 1 amide bonds. The maximum Gasteiger partial charge on any atom is 0.410 e. The fourth-order valence-corrected chi connectivity index (χ4v) is 3.30. The van der Waals surface area contributed by atoms with Crippen molar-refractivity contribution in [2.75, 3.05) is 13.1 Å². The summed E-state index contributed by atoms with van der Waals surface area (Å²) in [4.78, 5) is 16.9. The van der Waals surface area contributed by atoms with E-state index in [0.717, 1.165) is 11.1 Å². The summed E-state index contributed by atoms with van der Waals surface area (Å²) in [6.07, 6.45) is 0.0408. The molecule has 0 saturated carbocycles. The van der Waals surface area contributed by atoms with Gasteiger partial charge in [-0.05, 0) is 35.2 Å². The predicted molar refractivity (Wildman–Crippen MR) is 100 cm³/mol. The molecule has 0 aromatic heterocycles. The van der Waals surface area contributed by atoms with Gasteiger partial charge in [0.25, 0.3) is 0 Å². The summed E-state index contributed by atoms with van der Waals surface area (Å²) < 4.78 is 5.37. The highest BCUT2D eigenvalue weighted by Crippen LogP contribution is 2.39. The molecule has 2 aromatic rings. The number of hydrogen-bond donors (Lipinski definition) is 0. The summed E-state index contributed by atoms with van der Waals surface area (Å²) in [5.74, 6) is 0. The highest BCUT2D eigenvalue weighted by atomic mass is 35.5. The van der Waals surface area contributed by atoms with Crippen LogP contribution in [0.2, 0.25) is 10.0 Å². The van der Waals surface area contributed by atoms with Gasteiger partial charge in [0.15, 0.2) is 0 Å². The lowest BCUT2D eigenvalue weighted by molar-refractivity contribution is 0.102. The summed E-state index contributed by atoms with van der Waals surface area (Å²) in [7, 11) is 0. The van der Waals surface area contributed by atoms with Crippen LogP contribution in [0.4, 0.5) is 4.79 Å². The third kappa shape index (κ3) is 3.88. The normalized spacial score (nSPS) is 19.1. The van der Waals surface area contributed by atoms with Crippen LogP contribution in [-0.2, 0) is 16.9 Å². The molecule has 0 spiro atoms. The van der Waals surface area contributed by atoms with Crippen molar-refractivity contribution in [3.8, 4) is 0 Å². The Bertz CT molecular complexity index is 856. The van der Waals surface area contributed by atoms with Gasteiger partial charge in [0.2, 0.25) is 0 Å². The molecule has 3 rings (SSSR count). The number of carbonyl (C=O) groups is 1. The monoisotopic (exact) mass is 390 g/mol. The van der Waals surface area contributed by atoms with E-state index in [9.17, 15) is 4.79 Å². The molecule has 26 heavy (non-hydrogen) atoms. The minimum absolute atomic E-state index is 0.192. The molecule has 1 atom stereocenters. The van der Waals surface area contributed by atoms with Crippen molar-refractivity contribution < 1.29 is 9.53 Å². The summed E-state index contributed by atoms with van der Waals surface area (Å²) in [5, 5.41) is 4.77. The highest BCUT2D eigenvalue weighted by molar-refractivity contribution is 6.42. The van der Waals surface area contributed by atoms with Gasteiger partial charge >= 0.3 is 6.09 Å². The molecular weight excluding hydrogens is 375 g/mol. The minimum atomic E-state index is -0.880. The molecule has 8 heteroatoms. The van der Waals surface area contributed by atoms with Crippen LogP contribution in [0.5, 0.6) is 0 Å². The second-order valence-corrected chi connectivity index (χ2v) is 6.88. The first-order valence-electron chi connectivity index (χ1n) is 8.01. The molecule has 134 valence electrons. The minimum Gasteiger partial charge on any atom is -0.445 e. The third-order valence-corrected chi connectivity index (χ3v) is 5.14. The molecule has 1 fully saturated rings. The average molecular weight is 391 g/mol. The van der Waals surface area contributed by atoms with Crippen LogP contribution in [-0.4, -0.2) is 24.1 Å². The largest absolute Gasteiger partial charge is 0.445 e. The number of ether oxygens (including phenoxy) is 1. The van der Waals surface area contributed by atoms with Gasteiger partial charge in [-0.1, -0.05) is 64.7 Å². The van der Waals surface area contributed by atoms with Crippen LogP contribution in [0.15, 0.2) is 53.6 Å². The van der Waals surface area contributed by atoms with E-state index in [4.69, 9.17) is 33.5 Å². The SMILES string of the molecule is [N-]=[N+]=NC1(c2ccc(Cl)c(Cl)c2)CCN(C(=O)OCc2ccccc2)C1. The zero-order valence-electron chi connectivity index (χ0n) is 13.8. The van der Waals surface area contributed by atoms with Crippen LogP contribution >= 0.6 is 23.2 Å². The smallest absolute Gasteiger partial charge is 0.410 e. The number of carbonyl (C=O) groups excluding carboxylic acids is 1. The summed E-state index contributed by atoms with van der Waals surface area (Å²) >= 11 is 12.1. The molecule has 1 heterocycles. The van der Waals surface area contributed by atoms with E-state index in [2.05, 4.69) is 10.0 Å². The van der Waals surface area contributed by atoms with Crippen molar-refractivity contribution in [3.63, 3.8) is 0 Å². The molecule has 1 unspecified atom stereocenters. The third-order valence-electron chi connectivity index (χ3n) is 4.40. The van der Waals surface area contributed by atoms with Crippen molar-refractivity contribution in [2.24, 2.45) is 5.11 Å². The summed E-state index contributed by atoms with van der Waals surface area (Å²) in [6, 6.07) is 14.5. The van der Waals surface area contributed by atoms with E-state index in [1.54, 1.807) is 23.1 Å². The first kappa shape index (κ1) is 18.4. The van der Waals surface area contributed by atoms with Crippen LogP contribution in [0, 0.1) is 0 Å². The Morgan fingerprint density at radius 1 is 1.23 bits per heavy atom. The number of halogens is 2. The van der Waals surface area contributed by atoms with E-state index in [-0.39, 0.29) is 13.2 Å². The van der Waals surface area contributed by atoms with Crippen molar-refractivity contribution in [1.29, 1.82) is 0 Å². The quantitative estimate of drug-likeness (QED) is 0.390. The summed E-state index contributed by atoms with van der Waals surface area (Å²) in [6.45, 7) is 0.840. The van der Waals surface area contributed by atoms with Crippen molar-refractivity contribution in [3.05, 3.63) is 80.1 Å². The molecule has 0 bridgehead atoms. The maximum absolute atomic E-state index is 12.4. The van der Waals surface area contributed by atoms with Gasteiger partial charge in [-0.2, -0.15) is 0 Å². The number of hydrogen-bond acceptors (Lipinski definition) is 3. The molecule has 0 aliphatic carbocycles. The zero-order valence-corrected chi connectivity index (χ0v) is 15.3. The number of azide groups is 1. The first-order valence-corrected chi connectivity index (χ1v) is 8.77. The molecule has 1 saturated heterocycles. The Balaban J connectivity index is 1.73. The number of amides is 1. The lowest BCUT2D eigenvalue weighted by atomic mass is 9.90. The highest BCUT2D eigenvalue weighted by Gasteiger charge is 2.41. The van der Waals surface area contributed by atoms with E-state index in [1.807, 2.05) is 30.3 Å². The van der Waals surface area contributed by atoms with Crippen molar-refractivity contribution >= 4 is 29.3 Å². The lowest BCUT2D eigenvalue weighted by Gasteiger charge is -2.24. The average Bonchev–Trinajstić information content (AvgIpc) is 3.08. The Hall–Kier alpha value is -2.40. The van der Waals surface area contributed by atoms with Gasteiger partial charge < -0.3 is 9.64 Å².